The van der Waals surface area contributed by atoms with Gasteiger partial charge in [-0.25, -0.2) is 14.2 Å². The molecule has 0 spiro atoms. The Hall–Kier alpha value is -3.29. The lowest BCUT2D eigenvalue weighted by Crippen LogP contribution is -2.17. The standard InChI is InChI=1S/C18H15N3O5/c1-8(2)25-18(23)13-9(3)19-12-7-24-17(22)15(12)14(13)10-5-4-6-11-16(10)21-26-20-11/h4-6,8H,7H2,1-3H3. The molecule has 0 aliphatic carbocycles. The third kappa shape index (κ3) is 2.42. The summed E-state index contributed by atoms with van der Waals surface area (Å²) in [5.74, 6) is -1.09. The largest absolute Gasteiger partial charge is 0.459 e. The van der Waals surface area contributed by atoms with Crippen molar-refractivity contribution in [2.75, 3.05) is 0 Å². The second-order valence-electron chi connectivity index (χ2n) is 6.24. The van der Waals surface area contributed by atoms with E-state index in [1.54, 1.807) is 39.0 Å². The zero-order valence-corrected chi connectivity index (χ0v) is 14.4. The van der Waals surface area contributed by atoms with Crippen LogP contribution in [0.5, 0.6) is 0 Å². The molecule has 0 N–H and O–H groups in total. The van der Waals surface area contributed by atoms with Gasteiger partial charge in [0.2, 0.25) is 0 Å². The van der Waals surface area contributed by atoms with Crippen LogP contribution >= 0.6 is 0 Å². The minimum absolute atomic E-state index is 0.0640. The van der Waals surface area contributed by atoms with Crippen LogP contribution in [0.25, 0.3) is 22.2 Å². The van der Waals surface area contributed by atoms with Crippen LogP contribution in [0.2, 0.25) is 0 Å². The second kappa shape index (κ2) is 5.91. The third-order valence-electron chi connectivity index (χ3n) is 4.10. The van der Waals surface area contributed by atoms with Gasteiger partial charge in [-0.05, 0) is 37.2 Å². The molecule has 0 bridgehead atoms. The van der Waals surface area contributed by atoms with Gasteiger partial charge in [-0.3, -0.25) is 4.98 Å². The minimum Gasteiger partial charge on any atom is -0.459 e. The van der Waals surface area contributed by atoms with Gasteiger partial charge in [0.05, 0.1) is 28.6 Å². The number of esters is 2. The molecule has 0 radical (unpaired) electrons. The van der Waals surface area contributed by atoms with E-state index in [2.05, 4.69) is 15.3 Å². The van der Waals surface area contributed by atoms with E-state index >= 15 is 0 Å². The van der Waals surface area contributed by atoms with Crippen LogP contribution in [-0.4, -0.2) is 33.3 Å². The van der Waals surface area contributed by atoms with Crippen molar-refractivity contribution in [1.29, 1.82) is 0 Å². The molecule has 1 aromatic carbocycles. The molecule has 0 saturated carbocycles. The molecule has 1 aliphatic rings. The van der Waals surface area contributed by atoms with Crippen molar-refractivity contribution in [3.05, 3.63) is 40.7 Å². The zero-order chi connectivity index (χ0) is 18.4. The summed E-state index contributed by atoms with van der Waals surface area (Å²) < 4.78 is 15.3. The number of nitrogens with zero attached hydrogens (tertiary/aromatic N) is 3. The van der Waals surface area contributed by atoms with E-state index in [0.29, 0.717) is 33.5 Å². The van der Waals surface area contributed by atoms with Crippen molar-refractivity contribution < 1.29 is 23.7 Å². The molecule has 0 fully saturated rings. The lowest BCUT2D eigenvalue weighted by Gasteiger charge is -2.16. The highest BCUT2D eigenvalue weighted by Crippen LogP contribution is 2.38. The molecule has 132 valence electrons. The van der Waals surface area contributed by atoms with Gasteiger partial charge in [0.25, 0.3) is 0 Å². The SMILES string of the molecule is Cc1nc2c(c(-c3cccc4nonc34)c1C(=O)OC(C)C)C(=O)OC2. The van der Waals surface area contributed by atoms with Crippen LogP contribution in [0.15, 0.2) is 22.8 Å². The van der Waals surface area contributed by atoms with E-state index in [1.165, 1.54) is 0 Å². The molecular formula is C18H15N3O5. The fraction of sp³-hybridized carbons (Fsp3) is 0.278. The topological polar surface area (TPSA) is 104 Å². The molecule has 1 aliphatic heterocycles. The minimum atomic E-state index is -0.559. The molecule has 0 atom stereocenters. The Morgan fingerprint density at radius 2 is 2.04 bits per heavy atom. The molecule has 4 rings (SSSR count). The van der Waals surface area contributed by atoms with E-state index in [0.717, 1.165) is 0 Å². The quantitative estimate of drug-likeness (QED) is 0.662. The van der Waals surface area contributed by atoms with E-state index in [-0.39, 0.29) is 23.8 Å². The predicted molar refractivity (Wildman–Crippen MR) is 89.4 cm³/mol. The molecular weight excluding hydrogens is 338 g/mol. The summed E-state index contributed by atoms with van der Waals surface area (Å²) in [6, 6.07) is 5.23. The highest BCUT2D eigenvalue weighted by atomic mass is 16.6. The molecule has 3 aromatic rings. The number of benzene rings is 1. The van der Waals surface area contributed by atoms with Crippen molar-refractivity contribution >= 4 is 23.0 Å². The average Bonchev–Trinajstić information content (AvgIpc) is 3.19. The van der Waals surface area contributed by atoms with Crippen molar-refractivity contribution in [2.24, 2.45) is 0 Å². The van der Waals surface area contributed by atoms with Crippen molar-refractivity contribution in [1.82, 2.24) is 15.3 Å². The number of hydrogen-bond acceptors (Lipinski definition) is 8. The molecule has 2 aromatic heterocycles. The van der Waals surface area contributed by atoms with Gasteiger partial charge >= 0.3 is 11.9 Å². The number of cyclic esters (lactones) is 1. The number of pyridine rings is 1. The van der Waals surface area contributed by atoms with Gasteiger partial charge < -0.3 is 9.47 Å². The zero-order valence-electron chi connectivity index (χ0n) is 14.4. The van der Waals surface area contributed by atoms with Crippen LogP contribution in [0.4, 0.5) is 0 Å². The summed E-state index contributed by atoms with van der Waals surface area (Å²) in [5, 5.41) is 7.75. The Morgan fingerprint density at radius 3 is 2.81 bits per heavy atom. The highest BCUT2D eigenvalue weighted by Gasteiger charge is 2.34. The Morgan fingerprint density at radius 1 is 1.23 bits per heavy atom. The predicted octanol–water partition coefficient (Wildman–Crippen LogP) is 2.83. The fourth-order valence-electron chi connectivity index (χ4n) is 3.09. The Kier molecular flexibility index (Phi) is 3.68. The first-order chi connectivity index (χ1) is 12.5. The number of aromatic nitrogens is 3. The number of carbonyl (C=O) groups is 2. The number of rotatable bonds is 3. The van der Waals surface area contributed by atoms with Gasteiger partial charge in [-0.2, -0.15) is 0 Å². The maximum atomic E-state index is 12.8. The van der Waals surface area contributed by atoms with E-state index in [9.17, 15) is 9.59 Å². The van der Waals surface area contributed by atoms with Gasteiger partial charge in [-0.15, -0.1) is 0 Å². The molecule has 8 heteroatoms. The lowest BCUT2D eigenvalue weighted by atomic mass is 9.92. The summed E-state index contributed by atoms with van der Waals surface area (Å²) in [6.07, 6.45) is -0.320. The smallest absolute Gasteiger partial charge is 0.341 e. The molecule has 26 heavy (non-hydrogen) atoms. The maximum absolute atomic E-state index is 12.8. The normalized spacial score (nSPS) is 13.2. The monoisotopic (exact) mass is 353 g/mol. The first kappa shape index (κ1) is 16.2. The third-order valence-corrected chi connectivity index (χ3v) is 4.10. The summed E-state index contributed by atoms with van der Waals surface area (Å²) in [4.78, 5) is 29.5. The highest BCUT2D eigenvalue weighted by molar-refractivity contribution is 6.11. The van der Waals surface area contributed by atoms with Crippen molar-refractivity contribution in [2.45, 2.75) is 33.5 Å². The fourth-order valence-corrected chi connectivity index (χ4v) is 3.09. The number of ether oxygens (including phenoxy) is 2. The number of fused-ring (bicyclic) bond motifs is 2. The van der Waals surface area contributed by atoms with E-state index in [1.807, 2.05) is 0 Å². The number of carbonyl (C=O) groups excluding carboxylic acids is 2. The Balaban J connectivity index is 2.08. The van der Waals surface area contributed by atoms with Gasteiger partial charge in [0.1, 0.15) is 17.6 Å². The van der Waals surface area contributed by atoms with Crippen molar-refractivity contribution in [3.63, 3.8) is 0 Å². The van der Waals surface area contributed by atoms with Crippen molar-refractivity contribution in [3.8, 4) is 11.1 Å². The van der Waals surface area contributed by atoms with E-state index < -0.39 is 11.9 Å². The van der Waals surface area contributed by atoms with Crippen LogP contribution < -0.4 is 0 Å². The Bertz CT molecular complexity index is 1050. The molecule has 3 heterocycles. The van der Waals surface area contributed by atoms with Gasteiger partial charge in [-0.1, -0.05) is 12.1 Å². The van der Waals surface area contributed by atoms with Crippen LogP contribution in [0.3, 0.4) is 0 Å². The van der Waals surface area contributed by atoms with Crippen LogP contribution in [-0.2, 0) is 16.1 Å². The maximum Gasteiger partial charge on any atom is 0.341 e. The molecule has 0 amide bonds. The van der Waals surface area contributed by atoms with Crippen LogP contribution in [0.1, 0.15) is 46.0 Å². The average molecular weight is 353 g/mol. The molecule has 8 nitrogen and oxygen atoms in total. The number of aryl methyl sites for hydroxylation is 1. The lowest BCUT2D eigenvalue weighted by molar-refractivity contribution is 0.0377. The van der Waals surface area contributed by atoms with Crippen LogP contribution in [0, 0.1) is 6.92 Å². The first-order valence-electron chi connectivity index (χ1n) is 8.10. The molecule has 0 unspecified atom stereocenters. The summed E-state index contributed by atoms with van der Waals surface area (Å²) in [6.45, 7) is 5.27. The van der Waals surface area contributed by atoms with Gasteiger partial charge in [0, 0.05) is 11.1 Å². The summed E-state index contributed by atoms with van der Waals surface area (Å²) in [5.41, 5.74) is 3.29. The number of hydrogen-bond donors (Lipinski definition) is 0. The summed E-state index contributed by atoms with van der Waals surface area (Å²) in [7, 11) is 0. The first-order valence-corrected chi connectivity index (χ1v) is 8.10. The second-order valence-corrected chi connectivity index (χ2v) is 6.24. The van der Waals surface area contributed by atoms with Gasteiger partial charge in [0.15, 0.2) is 0 Å². The summed E-state index contributed by atoms with van der Waals surface area (Å²) >= 11 is 0. The molecule has 0 saturated heterocycles. The Labute approximate surface area is 148 Å². The van der Waals surface area contributed by atoms with E-state index in [4.69, 9.17) is 14.1 Å².